The van der Waals surface area contributed by atoms with Gasteiger partial charge in [-0.25, -0.2) is 4.98 Å². The zero-order valence-electron chi connectivity index (χ0n) is 4.96. The van der Waals surface area contributed by atoms with Crippen molar-refractivity contribution in [3.05, 3.63) is 24.3 Å². The fraction of sp³-hybridized carbons (Fsp3) is 0.167. The molecule has 0 fully saturated rings. The molecular formula is C6H5N2O. The highest BCUT2D eigenvalue weighted by atomic mass is 16.1. The molecule has 0 saturated carbocycles. The lowest BCUT2D eigenvalue weighted by Crippen LogP contribution is -1.95. The maximum absolute atomic E-state index is 10.5. The van der Waals surface area contributed by atoms with Gasteiger partial charge in [0.2, 0.25) is 0 Å². The molecule has 1 radical (unpaired) electrons. The number of ketones is 1. The number of carbonyl (C=O) groups is 1. The van der Waals surface area contributed by atoms with Crippen molar-refractivity contribution >= 4 is 5.78 Å². The minimum absolute atomic E-state index is 0.0727. The Morgan fingerprint density at radius 2 is 2.56 bits per heavy atom. The Bertz CT molecular complexity index is 208. The van der Waals surface area contributed by atoms with E-state index in [0.29, 0.717) is 5.69 Å². The van der Waals surface area contributed by atoms with Gasteiger partial charge in [0.15, 0.2) is 5.78 Å². The standard InChI is InChI=1S/C6H5N2O/c1-5(9)6-4-7-2-3-8-6/h3-4H,1H3. The third kappa shape index (κ3) is 1.32. The minimum Gasteiger partial charge on any atom is -0.293 e. The summed E-state index contributed by atoms with van der Waals surface area (Å²) in [6.07, 6.45) is 5.24. The lowest BCUT2D eigenvalue weighted by molar-refractivity contribution is 0.101. The average Bonchev–Trinajstić information content (AvgIpc) is 1.90. The molecule has 1 aromatic heterocycles. The van der Waals surface area contributed by atoms with E-state index in [1.807, 2.05) is 0 Å². The predicted molar refractivity (Wildman–Crippen MR) is 30.9 cm³/mol. The van der Waals surface area contributed by atoms with E-state index in [9.17, 15) is 4.79 Å². The fourth-order valence-electron chi connectivity index (χ4n) is 0.445. The number of aromatic nitrogens is 2. The minimum atomic E-state index is -0.0727. The third-order valence-electron chi connectivity index (χ3n) is 0.883. The Hall–Kier alpha value is -1.25. The third-order valence-corrected chi connectivity index (χ3v) is 0.883. The van der Waals surface area contributed by atoms with Crippen molar-refractivity contribution < 1.29 is 4.79 Å². The Balaban J connectivity index is 2.98. The van der Waals surface area contributed by atoms with Crippen LogP contribution in [0.4, 0.5) is 0 Å². The smallest absolute Gasteiger partial charge is 0.179 e. The van der Waals surface area contributed by atoms with Crippen LogP contribution in [0.25, 0.3) is 0 Å². The van der Waals surface area contributed by atoms with Gasteiger partial charge in [-0.15, -0.1) is 0 Å². The average molecular weight is 121 g/mol. The Morgan fingerprint density at radius 1 is 1.78 bits per heavy atom. The summed E-state index contributed by atoms with van der Waals surface area (Å²) in [5, 5.41) is 0. The number of Topliss-reactive ketones (excluding diaryl/α,β-unsaturated/α-hetero) is 1. The van der Waals surface area contributed by atoms with Crippen LogP contribution in [0.3, 0.4) is 0 Å². The summed E-state index contributed by atoms with van der Waals surface area (Å²) in [5.41, 5.74) is 0.383. The maximum atomic E-state index is 10.5. The highest BCUT2D eigenvalue weighted by Crippen LogP contribution is 1.88. The Labute approximate surface area is 52.8 Å². The van der Waals surface area contributed by atoms with Gasteiger partial charge in [0.05, 0.1) is 12.4 Å². The first-order chi connectivity index (χ1) is 4.30. The van der Waals surface area contributed by atoms with Crippen molar-refractivity contribution in [1.82, 2.24) is 9.97 Å². The summed E-state index contributed by atoms with van der Waals surface area (Å²) in [5.74, 6) is -0.0727. The molecule has 0 aliphatic rings. The molecule has 0 spiro atoms. The molecule has 3 heteroatoms. The van der Waals surface area contributed by atoms with Gasteiger partial charge in [0, 0.05) is 6.92 Å². The van der Waals surface area contributed by atoms with Gasteiger partial charge >= 0.3 is 0 Å². The van der Waals surface area contributed by atoms with E-state index in [4.69, 9.17) is 0 Å². The largest absolute Gasteiger partial charge is 0.293 e. The molecule has 9 heavy (non-hydrogen) atoms. The van der Waals surface area contributed by atoms with E-state index in [-0.39, 0.29) is 5.78 Å². The molecule has 3 nitrogen and oxygen atoms in total. The number of nitrogens with zero attached hydrogens (tertiary/aromatic N) is 2. The second-order valence-corrected chi connectivity index (χ2v) is 1.59. The van der Waals surface area contributed by atoms with Crippen LogP contribution in [0.15, 0.2) is 12.4 Å². The molecule has 0 aliphatic carbocycles. The van der Waals surface area contributed by atoms with Gasteiger partial charge in [-0.1, -0.05) is 0 Å². The monoisotopic (exact) mass is 121 g/mol. The Kier molecular flexibility index (Phi) is 1.53. The van der Waals surface area contributed by atoms with Crippen LogP contribution in [-0.4, -0.2) is 15.8 Å². The summed E-state index contributed by atoms with van der Waals surface area (Å²) in [4.78, 5) is 17.8. The van der Waals surface area contributed by atoms with Crippen molar-refractivity contribution in [2.45, 2.75) is 6.92 Å². The molecule has 0 unspecified atom stereocenters. The molecule has 1 aromatic rings. The molecule has 1 heterocycles. The topological polar surface area (TPSA) is 42.9 Å². The highest BCUT2D eigenvalue weighted by Gasteiger charge is 1.96. The van der Waals surface area contributed by atoms with Gasteiger partial charge in [-0.3, -0.25) is 9.78 Å². The van der Waals surface area contributed by atoms with Crippen molar-refractivity contribution in [3.8, 4) is 0 Å². The molecule has 1 rings (SSSR count). The number of rotatable bonds is 1. The number of hydrogen-bond acceptors (Lipinski definition) is 3. The molecule has 0 saturated heterocycles. The van der Waals surface area contributed by atoms with Crippen molar-refractivity contribution in [2.24, 2.45) is 0 Å². The van der Waals surface area contributed by atoms with Gasteiger partial charge in [0.25, 0.3) is 0 Å². The van der Waals surface area contributed by atoms with Crippen LogP contribution in [0, 0.1) is 6.20 Å². The second-order valence-electron chi connectivity index (χ2n) is 1.59. The summed E-state index contributed by atoms with van der Waals surface area (Å²) < 4.78 is 0. The lowest BCUT2D eigenvalue weighted by Gasteiger charge is -1.87. The first-order valence-corrected chi connectivity index (χ1v) is 2.50. The fourth-order valence-corrected chi connectivity index (χ4v) is 0.445. The number of hydrogen-bond donors (Lipinski definition) is 0. The Morgan fingerprint density at radius 3 is 2.89 bits per heavy atom. The van der Waals surface area contributed by atoms with Crippen LogP contribution in [0.5, 0.6) is 0 Å². The molecule has 0 amide bonds. The van der Waals surface area contributed by atoms with Crippen LogP contribution >= 0.6 is 0 Å². The molecule has 0 N–H and O–H groups in total. The quantitative estimate of drug-likeness (QED) is 0.507. The maximum Gasteiger partial charge on any atom is 0.179 e. The lowest BCUT2D eigenvalue weighted by atomic mass is 10.3. The second kappa shape index (κ2) is 2.35. The molecule has 0 atom stereocenters. The predicted octanol–water partition coefficient (Wildman–Crippen LogP) is 0.479. The van der Waals surface area contributed by atoms with E-state index in [1.54, 1.807) is 0 Å². The van der Waals surface area contributed by atoms with Gasteiger partial charge in [-0.2, -0.15) is 0 Å². The molecule has 0 aromatic carbocycles. The van der Waals surface area contributed by atoms with Crippen molar-refractivity contribution in [3.63, 3.8) is 0 Å². The van der Waals surface area contributed by atoms with Gasteiger partial charge in [0.1, 0.15) is 11.9 Å². The van der Waals surface area contributed by atoms with Crippen LogP contribution in [0.1, 0.15) is 17.4 Å². The summed E-state index contributed by atoms with van der Waals surface area (Å²) >= 11 is 0. The first kappa shape index (κ1) is 5.88. The van der Waals surface area contributed by atoms with Crippen LogP contribution < -0.4 is 0 Å². The summed E-state index contributed by atoms with van der Waals surface area (Å²) in [6, 6.07) is 0. The van der Waals surface area contributed by atoms with Crippen molar-refractivity contribution in [2.75, 3.05) is 0 Å². The van der Waals surface area contributed by atoms with E-state index < -0.39 is 0 Å². The molecular weight excluding hydrogens is 116 g/mol. The van der Waals surface area contributed by atoms with E-state index in [0.717, 1.165) is 0 Å². The zero-order chi connectivity index (χ0) is 6.69. The highest BCUT2D eigenvalue weighted by molar-refractivity contribution is 5.91. The van der Waals surface area contributed by atoms with Gasteiger partial charge < -0.3 is 0 Å². The van der Waals surface area contributed by atoms with Crippen LogP contribution in [-0.2, 0) is 0 Å². The summed E-state index contributed by atoms with van der Waals surface area (Å²) in [6.45, 7) is 1.45. The molecule has 0 aliphatic heterocycles. The first-order valence-electron chi connectivity index (χ1n) is 2.50. The van der Waals surface area contributed by atoms with E-state index >= 15 is 0 Å². The normalized spacial score (nSPS) is 9.00. The van der Waals surface area contributed by atoms with Gasteiger partial charge in [-0.05, 0) is 0 Å². The van der Waals surface area contributed by atoms with Crippen molar-refractivity contribution in [1.29, 1.82) is 0 Å². The molecule has 0 bridgehead atoms. The van der Waals surface area contributed by atoms with E-state index in [2.05, 4.69) is 16.2 Å². The number of carbonyl (C=O) groups excluding carboxylic acids is 1. The zero-order valence-corrected chi connectivity index (χ0v) is 4.96. The van der Waals surface area contributed by atoms with Crippen LogP contribution in [0.2, 0.25) is 0 Å². The SMILES string of the molecule is CC(=O)c1cn[c]cn1. The summed E-state index contributed by atoms with van der Waals surface area (Å²) in [7, 11) is 0. The van der Waals surface area contributed by atoms with E-state index in [1.165, 1.54) is 19.3 Å². The molecule has 45 valence electrons.